The number of hydrogen-bond acceptors (Lipinski definition) is 5. The molecule has 1 N–H and O–H groups in total. The van der Waals surface area contributed by atoms with Gasteiger partial charge in [0.15, 0.2) is 5.65 Å². The van der Waals surface area contributed by atoms with Gasteiger partial charge in [0.1, 0.15) is 12.7 Å². The van der Waals surface area contributed by atoms with Gasteiger partial charge in [0.05, 0.1) is 16.9 Å². The van der Waals surface area contributed by atoms with E-state index in [4.69, 9.17) is 4.98 Å². The first kappa shape index (κ1) is 18.9. The van der Waals surface area contributed by atoms with Gasteiger partial charge in [-0.15, -0.1) is 0 Å². The zero-order chi connectivity index (χ0) is 21.4. The van der Waals surface area contributed by atoms with E-state index in [9.17, 15) is 4.79 Å². The molecule has 1 amide bonds. The fourth-order valence-electron chi connectivity index (χ4n) is 3.90. The Kier molecular flexibility index (Phi) is 4.66. The van der Waals surface area contributed by atoms with E-state index >= 15 is 0 Å². The minimum atomic E-state index is -0.0721. The van der Waals surface area contributed by atoms with Crippen molar-refractivity contribution in [3.8, 4) is 5.69 Å². The second kappa shape index (κ2) is 7.64. The minimum Gasteiger partial charge on any atom is -0.324 e. The first-order valence-electron chi connectivity index (χ1n) is 10.1. The number of hydrogen-bond donors (Lipinski definition) is 1. The molecule has 8 nitrogen and oxygen atoms in total. The molecule has 0 atom stereocenters. The molecule has 0 spiro atoms. The second-order valence-electron chi connectivity index (χ2n) is 7.42. The molecule has 5 rings (SSSR count). The number of nitrogens with one attached hydrogen (secondary N) is 1. The monoisotopic (exact) mass is 411 g/mol. The molecule has 3 aromatic heterocycles. The van der Waals surface area contributed by atoms with Crippen molar-refractivity contribution in [1.82, 2.24) is 29.4 Å². The van der Waals surface area contributed by atoms with Crippen LogP contribution in [0.2, 0.25) is 0 Å². The van der Waals surface area contributed by atoms with Gasteiger partial charge in [-0.3, -0.25) is 4.79 Å². The van der Waals surface area contributed by atoms with Gasteiger partial charge in [-0.05, 0) is 50.1 Å². The van der Waals surface area contributed by atoms with Crippen LogP contribution in [0.3, 0.4) is 0 Å². The predicted octanol–water partition coefficient (Wildman–Crippen LogP) is 3.65. The van der Waals surface area contributed by atoms with Gasteiger partial charge in [0.25, 0.3) is 0 Å². The number of benzene rings is 2. The van der Waals surface area contributed by atoms with Crippen molar-refractivity contribution in [2.24, 2.45) is 0 Å². The molecule has 31 heavy (non-hydrogen) atoms. The van der Waals surface area contributed by atoms with Gasteiger partial charge in [-0.1, -0.05) is 24.3 Å². The van der Waals surface area contributed by atoms with E-state index in [0.717, 1.165) is 39.2 Å². The summed E-state index contributed by atoms with van der Waals surface area (Å²) in [7, 11) is 0. The van der Waals surface area contributed by atoms with Gasteiger partial charge < -0.3 is 5.32 Å². The van der Waals surface area contributed by atoms with E-state index in [1.54, 1.807) is 11.0 Å². The Morgan fingerprint density at radius 2 is 1.87 bits per heavy atom. The number of carbonyl (C=O) groups is 1. The third-order valence-corrected chi connectivity index (χ3v) is 5.46. The third-order valence-electron chi connectivity index (χ3n) is 5.46. The van der Waals surface area contributed by atoms with Crippen molar-refractivity contribution >= 4 is 28.1 Å². The third kappa shape index (κ3) is 3.42. The maximum Gasteiger partial charge on any atom is 0.224 e. The highest BCUT2D eigenvalue weighted by molar-refractivity contribution is 5.93. The van der Waals surface area contributed by atoms with Crippen molar-refractivity contribution < 1.29 is 4.79 Å². The van der Waals surface area contributed by atoms with Crippen LogP contribution in [0.5, 0.6) is 0 Å². The van der Waals surface area contributed by atoms with Gasteiger partial charge in [-0.25, -0.2) is 19.2 Å². The van der Waals surface area contributed by atoms with E-state index in [2.05, 4.69) is 20.5 Å². The summed E-state index contributed by atoms with van der Waals surface area (Å²) in [6.07, 6.45) is 3.98. The minimum absolute atomic E-state index is 0.0721. The number of nitrogens with zero attached hydrogens (tertiary/aromatic N) is 6. The predicted molar refractivity (Wildman–Crippen MR) is 118 cm³/mol. The maximum atomic E-state index is 12.7. The number of aryl methyl sites for hydroxylation is 2. The zero-order valence-electron chi connectivity index (χ0n) is 17.3. The molecule has 2 aromatic carbocycles. The summed E-state index contributed by atoms with van der Waals surface area (Å²) < 4.78 is 3.51. The molecule has 154 valence electrons. The Hall–Kier alpha value is -4.07. The molecule has 0 aliphatic rings. The average Bonchev–Trinajstić information content (AvgIpc) is 3.43. The molecule has 5 aromatic rings. The van der Waals surface area contributed by atoms with Gasteiger partial charge in [0.2, 0.25) is 5.91 Å². The van der Waals surface area contributed by atoms with Crippen LogP contribution in [-0.4, -0.2) is 35.3 Å². The number of aromatic nitrogens is 6. The highest BCUT2D eigenvalue weighted by atomic mass is 16.1. The molecule has 8 heteroatoms. The second-order valence-corrected chi connectivity index (χ2v) is 7.42. The lowest BCUT2D eigenvalue weighted by atomic mass is 10.1. The average molecular weight is 411 g/mol. The number of amides is 1. The summed E-state index contributed by atoms with van der Waals surface area (Å²) in [5.41, 5.74) is 6.20. The van der Waals surface area contributed by atoms with E-state index in [0.29, 0.717) is 18.5 Å². The van der Waals surface area contributed by atoms with E-state index in [1.807, 2.05) is 66.9 Å². The lowest BCUT2D eigenvalue weighted by molar-refractivity contribution is -0.116. The van der Waals surface area contributed by atoms with Gasteiger partial charge in [0, 0.05) is 23.2 Å². The zero-order valence-corrected chi connectivity index (χ0v) is 17.3. The normalized spacial score (nSPS) is 11.3. The fraction of sp³-hybridized carbons (Fsp3) is 0.174. The number of rotatable bonds is 5. The molecule has 0 aliphatic heterocycles. The SMILES string of the molecule is Cc1nc2c3ccccc3nn2c(C)c1CCC(=O)Nc1ccccc1-n1cncn1. The van der Waals surface area contributed by atoms with Crippen LogP contribution in [0, 0.1) is 13.8 Å². The maximum absolute atomic E-state index is 12.7. The number of para-hydroxylation sites is 2. The molecule has 3 heterocycles. The van der Waals surface area contributed by atoms with Crippen molar-refractivity contribution in [1.29, 1.82) is 0 Å². The number of anilines is 1. The Bertz CT molecular complexity index is 1400. The molecule has 0 fully saturated rings. The number of carbonyl (C=O) groups excluding carboxylic acids is 1. The summed E-state index contributed by atoms with van der Waals surface area (Å²) in [6, 6.07) is 15.5. The molecular weight excluding hydrogens is 390 g/mol. The van der Waals surface area contributed by atoms with Crippen LogP contribution >= 0.6 is 0 Å². The van der Waals surface area contributed by atoms with E-state index in [-0.39, 0.29) is 5.91 Å². The fourth-order valence-corrected chi connectivity index (χ4v) is 3.90. The smallest absolute Gasteiger partial charge is 0.224 e. The van der Waals surface area contributed by atoms with Crippen LogP contribution in [0.4, 0.5) is 5.69 Å². The first-order valence-corrected chi connectivity index (χ1v) is 10.1. The first-order chi connectivity index (χ1) is 15.1. The topological polar surface area (TPSA) is 90.0 Å². The summed E-state index contributed by atoms with van der Waals surface area (Å²) in [4.78, 5) is 21.5. The standard InChI is InChI=1S/C23H21N7O/c1-15-17(16(2)30-23(26-15)18-7-3-4-8-19(18)28-30)11-12-22(31)27-20-9-5-6-10-21(20)29-14-24-13-25-29/h3-10,13-14H,11-12H2,1-2H3,(H,27,31). The van der Waals surface area contributed by atoms with Crippen LogP contribution in [-0.2, 0) is 11.2 Å². The van der Waals surface area contributed by atoms with E-state index < -0.39 is 0 Å². The van der Waals surface area contributed by atoms with Gasteiger partial charge in [-0.2, -0.15) is 10.2 Å². The Balaban J connectivity index is 1.38. The molecule has 0 bridgehead atoms. The molecule has 0 saturated carbocycles. The Labute approximate surface area is 178 Å². The van der Waals surface area contributed by atoms with Crippen molar-refractivity contribution in [3.63, 3.8) is 0 Å². The Morgan fingerprint density at radius 3 is 2.71 bits per heavy atom. The summed E-state index contributed by atoms with van der Waals surface area (Å²) in [5.74, 6) is -0.0721. The molecule has 0 aliphatic carbocycles. The highest BCUT2D eigenvalue weighted by Crippen LogP contribution is 2.23. The highest BCUT2D eigenvalue weighted by Gasteiger charge is 2.15. The quantitative estimate of drug-likeness (QED) is 0.477. The lowest BCUT2D eigenvalue weighted by Gasteiger charge is -2.13. The van der Waals surface area contributed by atoms with Crippen LogP contribution < -0.4 is 5.32 Å². The summed E-state index contributed by atoms with van der Waals surface area (Å²) >= 11 is 0. The molecule has 0 radical (unpaired) electrons. The molecule has 0 unspecified atom stereocenters. The molecule has 0 saturated heterocycles. The van der Waals surface area contributed by atoms with Crippen LogP contribution in [0.15, 0.2) is 61.2 Å². The summed E-state index contributed by atoms with van der Waals surface area (Å²) in [5, 5.41) is 12.9. The van der Waals surface area contributed by atoms with E-state index in [1.165, 1.54) is 6.33 Å². The largest absolute Gasteiger partial charge is 0.324 e. The van der Waals surface area contributed by atoms with Crippen LogP contribution in [0.1, 0.15) is 23.4 Å². The number of fused-ring (bicyclic) bond motifs is 3. The van der Waals surface area contributed by atoms with Crippen LogP contribution in [0.25, 0.3) is 22.2 Å². The summed E-state index contributed by atoms with van der Waals surface area (Å²) in [6.45, 7) is 4.02. The van der Waals surface area contributed by atoms with Crippen molar-refractivity contribution in [2.45, 2.75) is 26.7 Å². The Morgan fingerprint density at radius 1 is 1.06 bits per heavy atom. The van der Waals surface area contributed by atoms with Crippen molar-refractivity contribution in [2.75, 3.05) is 5.32 Å². The van der Waals surface area contributed by atoms with Crippen molar-refractivity contribution in [3.05, 3.63) is 78.1 Å². The molecular formula is C23H21N7O. The lowest BCUT2D eigenvalue weighted by Crippen LogP contribution is -2.15. The van der Waals surface area contributed by atoms with Gasteiger partial charge >= 0.3 is 0 Å².